The van der Waals surface area contributed by atoms with Crippen molar-refractivity contribution in [3.05, 3.63) is 47.5 Å². The largest absolute Gasteiger partial charge is 0.493 e. The highest BCUT2D eigenvalue weighted by Gasteiger charge is 2.35. The number of benzene rings is 2. The van der Waals surface area contributed by atoms with Gasteiger partial charge in [0.25, 0.3) is 5.91 Å². The second-order valence-corrected chi connectivity index (χ2v) is 8.79. The van der Waals surface area contributed by atoms with Crippen molar-refractivity contribution < 1.29 is 9.53 Å². The maximum atomic E-state index is 12.3. The highest BCUT2D eigenvalue weighted by Crippen LogP contribution is 2.32. The van der Waals surface area contributed by atoms with Crippen molar-refractivity contribution in [2.45, 2.75) is 77.7 Å². The van der Waals surface area contributed by atoms with Crippen molar-refractivity contribution in [2.75, 3.05) is 6.61 Å². The summed E-state index contributed by atoms with van der Waals surface area (Å²) in [6.45, 7) is 6.99. The zero-order valence-electron chi connectivity index (χ0n) is 18.7. The van der Waals surface area contributed by atoms with Gasteiger partial charge in [0.15, 0.2) is 0 Å². The maximum Gasteiger partial charge on any atom is 0.263 e. The normalized spacial score (nSPS) is 16.9. The molecule has 30 heavy (non-hydrogen) atoms. The van der Waals surface area contributed by atoms with Crippen LogP contribution in [0.1, 0.15) is 77.7 Å². The van der Waals surface area contributed by atoms with Crippen LogP contribution in [0.15, 0.2) is 42.0 Å². The van der Waals surface area contributed by atoms with Gasteiger partial charge in [0.1, 0.15) is 5.75 Å². The molecule has 1 saturated heterocycles. The first kappa shape index (κ1) is 22.4. The summed E-state index contributed by atoms with van der Waals surface area (Å²) in [5.74, 6) is 0.821. The Hall–Kier alpha value is -2.33. The van der Waals surface area contributed by atoms with E-state index in [1.165, 1.54) is 44.9 Å². The summed E-state index contributed by atoms with van der Waals surface area (Å²) in [6, 6.07) is 12.4. The molecule has 0 aromatic heterocycles. The first-order valence-corrected chi connectivity index (χ1v) is 11.5. The predicted molar refractivity (Wildman–Crippen MR) is 125 cm³/mol. The van der Waals surface area contributed by atoms with Crippen molar-refractivity contribution >= 4 is 22.8 Å². The van der Waals surface area contributed by atoms with Crippen LogP contribution >= 0.6 is 0 Å². The lowest BCUT2D eigenvalue weighted by molar-refractivity contribution is -0.116. The van der Waals surface area contributed by atoms with Gasteiger partial charge in [-0.15, -0.1) is 0 Å². The molecular formula is C26H36N2O2. The van der Waals surface area contributed by atoms with Gasteiger partial charge in [-0.25, -0.2) is 5.43 Å². The molecule has 4 nitrogen and oxygen atoms in total. The van der Waals surface area contributed by atoms with Gasteiger partial charge in [-0.3, -0.25) is 10.2 Å². The second-order valence-electron chi connectivity index (χ2n) is 8.79. The van der Waals surface area contributed by atoms with E-state index in [0.717, 1.165) is 40.7 Å². The molecule has 0 bridgehead atoms. The summed E-state index contributed by atoms with van der Waals surface area (Å²) < 4.78 is 6.20. The van der Waals surface area contributed by atoms with Gasteiger partial charge in [-0.1, -0.05) is 82.2 Å². The Kier molecular flexibility index (Phi) is 7.92. The monoisotopic (exact) mass is 408 g/mol. The van der Waals surface area contributed by atoms with Crippen molar-refractivity contribution in [1.82, 2.24) is 10.9 Å². The third-order valence-corrected chi connectivity index (χ3v) is 5.86. The van der Waals surface area contributed by atoms with Crippen molar-refractivity contribution in [3.8, 4) is 5.75 Å². The van der Waals surface area contributed by atoms with Crippen LogP contribution < -0.4 is 15.6 Å². The molecule has 1 aliphatic rings. The van der Waals surface area contributed by atoms with E-state index in [2.05, 4.69) is 36.0 Å². The number of hydrogen-bond acceptors (Lipinski definition) is 3. The Balaban J connectivity index is 1.67. The molecule has 0 saturated carbocycles. The Morgan fingerprint density at radius 1 is 0.933 bits per heavy atom. The zero-order valence-corrected chi connectivity index (χ0v) is 18.7. The molecule has 0 aliphatic carbocycles. The van der Waals surface area contributed by atoms with Crippen LogP contribution in [0.4, 0.5) is 0 Å². The number of fused-ring (bicyclic) bond motifs is 1. The lowest BCUT2D eigenvalue weighted by atomic mass is 9.92. The van der Waals surface area contributed by atoms with Crippen LogP contribution in [0.3, 0.4) is 0 Å². The minimum atomic E-state index is -0.411. The molecular weight excluding hydrogens is 372 g/mol. The minimum Gasteiger partial charge on any atom is -0.493 e. The number of hydrazine groups is 1. The van der Waals surface area contributed by atoms with Gasteiger partial charge >= 0.3 is 0 Å². The van der Waals surface area contributed by atoms with Gasteiger partial charge < -0.3 is 4.74 Å². The summed E-state index contributed by atoms with van der Waals surface area (Å²) in [6.07, 6.45) is 12.3. The van der Waals surface area contributed by atoms with E-state index < -0.39 is 5.54 Å². The molecule has 2 N–H and O–H groups in total. The first-order valence-electron chi connectivity index (χ1n) is 11.5. The van der Waals surface area contributed by atoms with Gasteiger partial charge in [0, 0.05) is 11.0 Å². The number of unbranched alkanes of at least 4 members (excludes halogenated alkanes) is 7. The zero-order chi connectivity index (χ0) is 21.4. The molecule has 1 aliphatic heterocycles. The SMILES string of the molecule is CCCCCCCCCCOc1cccc2cccc(/C=C3\C(=O)NNC3(C)C)c12. The van der Waals surface area contributed by atoms with E-state index in [0.29, 0.717) is 0 Å². The van der Waals surface area contributed by atoms with E-state index in [1.54, 1.807) is 0 Å². The number of carbonyl (C=O) groups is 1. The van der Waals surface area contributed by atoms with Crippen molar-refractivity contribution in [2.24, 2.45) is 0 Å². The van der Waals surface area contributed by atoms with Gasteiger partial charge in [-0.2, -0.15) is 0 Å². The average Bonchev–Trinajstić information content (AvgIpc) is 2.99. The molecule has 4 heteroatoms. The Morgan fingerprint density at radius 3 is 2.27 bits per heavy atom. The number of ether oxygens (including phenoxy) is 1. The fourth-order valence-corrected chi connectivity index (χ4v) is 4.03. The van der Waals surface area contributed by atoms with Gasteiger partial charge in [0.05, 0.1) is 12.1 Å². The predicted octanol–water partition coefficient (Wildman–Crippen LogP) is 6.16. The Labute approximate surface area is 181 Å². The average molecular weight is 409 g/mol. The molecule has 1 amide bonds. The Morgan fingerprint density at radius 2 is 1.60 bits per heavy atom. The topological polar surface area (TPSA) is 50.4 Å². The van der Waals surface area contributed by atoms with Gasteiger partial charge in [0.2, 0.25) is 0 Å². The summed E-state index contributed by atoms with van der Waals surface area (Å²) in [4.78, 5) is 12.3. The Bertz CT molecular complexity index is 880. The molecule has 3 rings (SSSR count). The van der Waals surface area contributed by atoms with Crippen LogP contribution in [0.25, 0.3) is 16.8 Å². The summed E-state index contributed by atoms with van der Waals surface area (Å²) >= 11 is 0. The maximum absolute atomic E-state index is 12.3. The molecule has 162 valence electrons. The number of carbonyl (C=O) groups excluding carboxylic acids is 1. The molecule has 2 aromatic carbocycles. The van der Waals surface area contributed by atoms with E-state index >= 15 is 0 Å². The molecule has 1 heterocycles. The minimum absolute atomic E-state index is 0.0747. The molecule has 0 unspecified atom stereocenters. The third kappa shape index (κ3) is 5.63. The molecule has 2 aromatic rings. The number of hydrogen-bond donors (Lipinski definition) is 2. The number of amides is 1. The van der Waals surface area contributed by atoms with Crippen LogP contribution in [-0.4, -0.2) is 18.1 Å². The van der Waals surface area contributed by atoms with E-state index in [4.69, 9.17) is 4.74 Å². The van der Waals surface area contributed by atoms with Crippen LogP contribution in [0.2, 0.25) is 0 Å². The van der Waals surface area contributed by atoms with E-state index in [1.807, 2.05) is 38.1 Å². The first-order chi connectivity index (χ1) is 14.5. The van der Waals surface area contributed by atoms with Crippen LogP contribution in [0.5, 0.6) is 5.75 Å². The summed E-state index contributed by atoms with van der Waals surface area (Å²) in [7, 11) is 0. The molecule has 1 fully saturated rings. The summed E-state index contributed by atoms with van der Waals surface area (Å²) in [5.41, 5.74) is 7.11. The van der Waals surface area contributed by atoms with Crippen molar-refractivity contribution in [3.63, 3.8) is 0 Å². The highest BCUT2D eigenvalue weighted by molar-refractivity contribution is 6.05. The van der Waals surface area contributed by atoms with E-state index in [9.17, 15) is 4.79 Å². The fourth-order valence-electron chi connectivity index (χ4n) is 4.03. The van der Waals surface area contributed by atoms with Gasteiger partial charge in [-0.05, 0) is 43.4 Å². The summed E-state index contributed by atoms with van der Waals surface area (Å²) in [5, 5.41) is 2.20. The number of rotatable bonds is 11. The molecule has 0 radical (unpaired) electrons. The van der Waals surface area contributed by atoms with E-state index in [-0.39, 0.29) is 5.91 Å². The van der Waals surface area contributed by atoms with Crippen LogP contribution in [-0.2, 0) is 4.79 Å². The lowest BCUT2D eigenvalue weighted by Crippen LogP contribution is -2.38. The third-order valence-electron chi connectivity index (χ3n) is 5.86. The number of nitrogens with one attached hydrogen (secondary N) is 2. The van der Waals surface area contributed by atoms with Crippen LogP contribution in [0, 0.1) is 0 Å². The molecule has 0 atom stereocenters. The second kappa shape index (κ2) is 10.6. The lowest BCUT2D eigenvalue weighted by Gasteiger charge is -2.18. The quantitative estimate of drug-likeness (QED) is 0.346. The fraction of sp³-hybridized carbons (Fsp3) is 0.500. The standard InChI is InChI=1S/C26H36N2O2/c1-4-5-6-7-8-9-10-11-18-30-23-17-13-15-20-14-12-16-21(24(20)23)19-22-25(29)27-28-26(22,2)3/h12-17,19,28H,4-11,18H2,1-3H3,(H,27,29)/b22-19+. The highest BCUT2D eigenvalue weighted by atomic mass is 16.5. The smallest absolute Gasteiger partial charge is 0.263 e. The van der Waals surface area contributed by atoms with Crippen molar-refractivity contribution in [1.29, 1.82) is 0 Å². The molecule has 0 spiro atoms.